The molecule has 1 fully saturated rings. The van der Waals surface area contributed by atoms with Gasteiger partial charge in [-0.05, 0) is 26.7 Å². The molecular weight excluding hydrogens is 242 g/mol. The molecule has 0 spiro atoms. The van der Waals surface area contributed by atoms with Crippen molar-refractivity contribution in [3.05, 3.63) is 17.5 Å². The topological polar surface area (TPSA) is 66.3 Å². The van der Waals surface area contributed by atoms with Crippen molar-refractivity contribution in [1.82, 2.24) is 9.97 Å². The average Bonchev–Trinajstić information content (AvgIpc) is 2.40. The zero-order chi connectivity index (χ0) is 13.8. The van der Waals surface area contributed by atoms with E-state index in [2.05, 4.69) is 21.8 Å². The first-order valence-electron chi connectivity index (χ1n) is 6.97. The maximum absolute atomic E-state index is 11.0. The van der Waals surface area contributed by atoms with Crippen molar-refractivity contribution >= 4 is 11.9 Å². The van der Waals surface area contributed by atoms with E-state index in [9.17, 15) is 4.79 Å². The summed E-state index contributed by atoms with van der Waals surface area (Å²) in [6.45, 7) is 4.68. The highest BCUT2D eigenvalue weighted by Gasteiger charge is 2.22. The zero-order valence-electron chi connectivity index (χ0n) is 11.6. The molecule has 0 amide bonds. The molecule has 2 rings (SSSR count). The lowest BCUT2D eigenvalue weighted by atomic mass is 9.94. The monoisotopic (exact) mass is 263 g/mol. The zero-order valence-corrected chi connectivity index (χ0v) is 11.6. The van der Waals surface area contributed by atoms with E-state index in [1.807, 2.05) is 0 Å². The van der Waals surface area contributed by atoms with Gasteiger partial charge < -0.3 is 10.0 Å². The summed E-state index contributed by atoms with van der Waals surface area (Å²) < 4.78 is 0. The summed E-state index contributed by atoms with van der Waals surface area (Å²) in [5, 5.41) is 9.01. The number of hydrogen-bond acceptors (Lipinski definition) is 4. The second kappa shape index (κ2) is 5.99. The van der Waals surface area contributed by atoms with Crippen molar-refractivity contribution in [3.8, 4) is 0 Å². The van der Waals surface area contributed by atoms with Gasteiger partial charge >= 0.3 is 5.97 Å². The second-order valence-corrected chi connectivity index (χ2v) is 5.05. The first-order chi connectivity index (χ1) is 9.13. The highest BCUT2D eigenvalue weighted by atomic mass is 16.4. The molecule has 0 unspecified atom stereocenters. The molecule has 0 saturated heterocycles. The van der Waals surface area contributed by atoms with Gasteiger partial charge in [0.1, 0.15) is 0 Å². The van der Waals surface area contributed by atoms with Crippen molar-refractivity contribution in [3.63, 3.8) is 0 Å². The number of carboxylic acid groups (broad SMARTS) is 1. The molecule has 1 N–H and O–H groups in total. The Morgan fingerprint density at radius 2 is 2.11 bits per heavy atom. The van der Waals surface area contributed by atoms with Crippen molar-refractivity contribution in [2.45, 2.75) is 52.0 Å². The maximum atomic E-state index is 11.0. The fraction of sp³-hybridized carbons (Fsp3) is 0.643. The molecule has 0 aromatic carbocycles. The molecule has 0 radical (unpaired) electrons. The minimum absolute atomic E-state index is 0.184. The number of rotatable bonds is 4. The van der Waals surface area contributed by atoms with E-state index < -0.39 is 5.97 Å². The smallest absolute Gasteiger partial charge is 0.339 e. The van der Waals surface area contributed by atoms with Crippen LogP contribution in [0.5, 0.6) is 0 Å². The van der Waals surface area contributed by atoms with Gasteiger partial charge in [0, 0.05) is 18.8 Å². The molecule has 5 nitrogen and oxygen atoms in total. The Morgan fingerprint density at radius 1 is 1.42 bits per heavy atom. The Bertz CT molecular complexity index is 456. The Kier molecular flexibility index (Phi) is 4.35. The highest BCUT2D eigenvalue weighted by Crippen LogP contribution is 2.25. The van der Waals surface area contributed by atoms with Crippen LogP contribution in [0.1, 0.15) is 55.1 Å². The number of carbonyl (C=O) groups is 1. The minimum Gasteiger partial charge on any atom is -0.478 e. The summed E-state index contributed by atoms with van der Waals surface area (Å²) in [7, 11) is 0. The predicted octanol–water partition coefficient (Wildman–Crippen LogP) is 2.64. The maximum Gasteiger partial charge on any atom is 0.339 e. The molecule has 104 valence electrons. The van der Waals surface area contributed by atoms with Crippen LogP contribution in [0.2, 0.25) is 0 Å². The fourth-order valence-electron chi connectivity index (χ4n) is 2.76. The van der Waals surface area contributed by atoms with Crippen LogP contribution in [0.15, 0.2) is 6.20 Å². The van der Waals surface area contributed by atoms with Crippen LogP contribution in [0, 0.1) is 6.92 Å². The van der Waals surface area contributed by atoms with E-state index in [0.717, 1.165) is 6.54 Å². The van der Waals surface area contributed by atoms with E-state index in [4.69, 9.17) is 5.11 Å². The fourth-order valence-corrected chi connectivity index (χ4v) is 2.76. The Balaban J connectivity index is 2.23. The third kappa shape index (κ3) is 3.03. The largest absolute Gasteiger partial charge is 0.478 e. The summed E-state index contributed by atoms with van der Waals surface area (Å²) in [5.74, 6) is -0.304. The van der Waals surface area contributed by atoms with Gasteiger partial charge in [0.05, 0.1) is 11.3 Å². The first-order valence-corrected chi connectivity index (χ1v) is 6.97. The van der Waals surface area contributed by atoms with Crippen molar-refractivity contribution in [2.75, 3.05) is 11.4 Å². The molecular formula is C14H21N3O2. The third-order valence-electron chi connectivity index (χ3n) is 3.81. The molecule has 5 heteroatoms. The highest BCUT2D eigenvalue weighted by molar-refractivity contribution is 5.88. The number of nitrogens with zero attached hydrogens (tertiary/aromatic N) is 3. The van der Waals surface area contributed by atoms with Gasteiger partial charge in [-0.3, -0.25) is 0 Å². The van der Waals surface area contributed by atoms with Crippen LogP contribution < -0.4 is 4.90 Å². The standard InChI is InChI=1S/C14H21N3O2/c1-3-17(11-7-5-4-6-8-11)14-15-9-12(13(18)19)10(2)16-14/h9,11H,3-8H2,1-2H3,(H,18,19). The molecule has 0 bridgehead atoms. The lowest BCUT2D eigenvalue weighted by molar-refractivity contribution is 0.0695. The average molecular weight is 263 g/mol. The summed E-state index contributed by atoms with van der Waals surface area (Å²) in [5.41, 5.74) is 0.718. The van der Waals surface area contributed by atoms with Crippen LogP contribution in [0.3, 0.4) is 0 Å². The van der Waals surface area contributed by atoms with E-state index in [0.29, 0.717) is 17.7 Å². The molecule has 1 heterocycles. The first kappa shape index (κ1) is 13.8. The van der Waals surface area contributed by atoms with E-state index in [1.54, 1.807) is 6.92 Å². The number of aromatic nitrogens is 2. The summed E-state index contributed by atoms with van der Waals surface area (Å²) in [6, 6.07) is 0.494. The lowest BCUT2D eigenvalue weighted by Crippen LogP contribution is -2.38. The second-order valence-electron chi connectivity index (χ2n) is 5.05. The Morgan fingerprint density at radius 3 is 2.63 bits per heavy atom. The van der Waals surface area contributed by atoms with E-state index in [1.165, 1.54) is 38.3 Å². The molecule has 1 saturated carbocycles. The van der Waals surface area contributed by atoms with Gasteiger partial charge in [0.25, 0.3) is 0 Å². The third-order valence-corrected chi connectivity index (χ3v) is 3.81. The predicted molar refractivity (Wildman–Crippen MR) is 73.6 cm³/mol. The number of anilines is 1. The molecule has 1 aromatic rings. The number of carboxylic acids is 1. The SMILES string of the molecule is CCN(c1ncc(C(=O)O)c(C)n1)C1CCCCC1. The molecule has 1 aliphatic carbocycles. The Hall–Kier alpha value is -1.65. The van der Waals surface area contributed by atoms with Crippen molar-refractivity contribution < 1.29 is 9.90 Å². The summed E-state index contributed by atoms with van der Waals surface area (Å²) in [6.07, 6.45) is 7.60. The van der Waals surface area contributed by atoms with Crippen molar-refractivity contribution in [2.24, 2.45) is 0 Å². The van der Waals surface area contributed by atoms with Gasteiger partial charge in [0.15, 0.2) is 0 Å². The summed E-state index contributed by atoms with van der Waals surface area (Å²) in [4.78, 5) is 21.8. The summed E-state index contributed by atoms with van der Waals surface area (Å²) >= 11 is 0. The van der Waals surface area contributed by atoms with E-state index >= 15 is 0 Å². The molecule has 0 atom stereocenters. The van der Waals surface area contributed by atoms with Gasteiger partial charge in [-0.25, -0.2) is 14.8 Å². The van der Waals surface area contributed by atoms with Crippen LogP contribution in [0.4, 0.5) is 5.95 Å². The van der Waals surface area contributed by atoms with Gasteiger partial charge in [-0.15, -0.1) is 0 Å². The van der Waals surface area contributed by atoms with Crippen LogP contribution in [-0.4, -0.2) is 33.6 Å². The van der Waals surface area contributed by atoms with Crippen LogP contribution >= 0.6 is 0 Å². The molecule has 1 aromatic heterocycles. The minimum atomic E-state index is -0.968. The van der Waals surface area contributed by atoms with Gasteiger partial charge in [-0.1, -0.05) is 19.3 Å². The van der Waals surface area contributed by atoms with Crippen LogP contribution in [-0.2, 0) is 0 Å². The quantitative estimate of drug-likeness (QED) is 0.904. The number of aromatic carboxylic acids is 1. The number of hydrogen-bond donors (Lipinski definition) is 1. The Labute approximate surface area is 113 Å². The lowest BCUT2D eigenvalue weighted by Gasteiger charge is -2.33. The van der Waals surface area contributed by atoms with Crippen molar-refractivity contribution in [1.29, 1.82) is 0 Å². The van der Waals surface area contributed by atoms with E-state index in [-0.39, 0.29) is 5.56 Å². The van der Waals surface area contributed by atoms with Crippen LogP contribution in [0.25, 0.3) is 0 Å². The molecule has 0 aliphatic heterocycles. The number of aryl methyl sites for hydroxylation is 1. The molecule has 1 aliphatic rings. The van der Waals surface area contributed by atoms with Gasteiger partial charge in [0.2, 0.25) is 5.95 Å². The normalized spacial score (nSPS) is 16.3. The molecule has 19 heavy (non-hydrogen) atoms. The van der Waals surface area contributed by atoms with Gasteiger partial charge in [-0.2, -0.15) is 0 Å².